The number of hydrogen-bond donors (Lipinski definition) is 0. The van der Waals surface area contributed by atoms with Gasteiger partial charge in [0.25, 0.3) is 0 Å². The van der Waals surface area contributed by atoms with Crippen molar-refractivity contribution in [1.82, 2.24) is 0 Å². The van der Waals surface area contributed by atoms with Crippen molar-refractivity contribution in [2.45, 2.75) is 19.0 Å². The van der Waals surface area contributed by atoms with Gasteiger partial charge in [0, 0.05) is 0 Å². The van der Waals surface area contributed by atoms with E-state index in [0.29, 0.717) is 0 Å². The van der Waals surface area contributed by atoms with Crippen molar-refractivity contribution in [2.75, 3.05) is 0 Å². The van der Waals surface area contributed by atoms with E-state index < -0.39 is 8.11 Å². The van der Waals surface area contributed by atoms with Gasteiger partial charge in [-0.05, 0) is 12.5 Å². The summed E-state index contributed by atoms with van der Waals surface area (Å²) in [5.74, 6) is 0. The Bertz CT molecular complexity index is 52.0. The Morgan fingerprint density at radius 2 is 2.43 bits per heavy atom. The van der Waals surface area contributed by atoms with Crippen molar-refractivity contribution in [1.29, 1.82) is 0 Å². The van der Waals surface area contributed by atoms with Crippen molar-refractivity contribution < 1.29 is 0 Å². The lowest BCUT2D eigenvalue weighted by molar-refractivity contribution is 1.20. The summed E-state index contributed by atoms with van der Waals surface area (Å²) < 4.78 is 0. The van der Waals surface area contributed by atoms with Gasteiger partial charge in [0.15, 0.2) is 0 Å². The molecule has 0 heterocycles. The summed E-state index contributed by atoms with van der Waals surface area (Å²) in [5, 5.41) is 0. The van der Waals surface area contributed by atoms with Gasteiger partial charge in [0.1, 0.15) is 8.11 Å². The van der Waals surface area contributed by atoms with Gasteiger partial charge in [-0.3, -0.25) is 0 Å². The highest BCUT2D eigenvalue weighted by molar-refractivity contribution is 7.06. The van der Waals surface area contributed by atoms with Crippen molar-refractivity contribution in [3.63, 3.8) is 0 Å². The minimum atomic E-state index is -0.787. The second kappa shape index (κ2) is 4.41. The number of rotatable bonds is 3. The molecule has 0 aliphatic rings. The van der Waals surface area contributed by atoms with Gasteiger partial charge < -0.3 is 0 Å². The molecule has 0 radical (unpaired) electrons. The Balaban J connectivity index is 2.81. The van der Waals surface area contributed by atoms with E-state index in [9.17, 15) is 0 Å². The Kier molecular flexibility index (Phi) is 4.56. The fourth-order valence-corrected chi connectivity index (χ4v) is 1.42. The summed E-state index contributed by atoms with van der Waals surface area (Å²) in [6.07, 6.45) is 3.02. The first-order valence-electron chi connectivity index (χ1n) is 2.52. The second-order valence-electron chi connectivity index (χ2n) is 1.65. The lowest BCUT2D eigenvalue weighted by Crippen LogP contribution is -1.91. The van der Waals surface area contributed by atoms with E-state index in [0.717, 1.165) is 6.42 Å². The van der Waals surface area contributed by atoms with E-state index >= 15 is 0 Å². The van der Waals surface area contributed by atoms with Gasteiger partial charge in [-0.25, -0.2) is 0 Å². The predicted molar refractivity (Wildman–Crippen MR) is 38.5 cm³/mol. The van der Waals surface area contributed by atoms with Crippen LogP contribution in [0, 0.1) is 0 Å². The lowest BCUT2D eigenvalue weighted by Gasteiger charge is -1.91. The predicted octanol–water partition coefficient (Wildman–Crippen LogP) is 2.15. The van der Waals surface area contributed by atoms with Crippen molar-refractivity contribution in [3.05, 3.63) is 12.7 Å². The molecule has 0 aromatic heterocycles. The zero-order chi connectivity index (χ0) is 5.70. The highest BCUT2D eigenvalue weighted by Gasteiger charge is 1.92. The van der Waals surface area contributed by atoms with Crippen LogP contribution in [-0.4, -0.2) is 8.11 Å². The molecular weight excluding hydrogens is 124 g/mol. The molecule has 0 saturated heterocycles. The average Bonchev–Trinajstić information content (AvgIpc) is 1.61. The summed E-state index contributed by atoms with van der Waals surface area (Å²) in [4.78, 5) is 0. The van der Waals surface area contributed by atoms with Crippen molar-refractivity contribution >= 4 is 19.2 Å². The van der Waals surface area contributed by atoms with E-state index in [-0.39, 0.29) is 0 Å². The van der Waals surface area contributed by atoms with Crippen LogP contribution < -0.4 is 0 Å². The molecule has 1 atom stereocenters. The zero-order valence-corrected chi connectivity index (χ0v) is 6.56. The third-order valence-electron chi connectivity index (χ3n) is 0.769. The molecule has 0 N–H and O–H groups in total. The minimum Gasteiger partial charge on any atom is -0.172 e. The fraction of sp³-hybridized carbons (Fsp3) is 0.600. The van der Waals surface area contributed by atoms with E-state index in [4.69, 9.17) is 11.1 Å². The molecule has 0 aliphatic carbocycles. The normalized spacial score (nSPS) is 13.4. The summed E-state index contributed by atoms with van der Waals surface area (Å²) in [5.41, 5.74) is 0. The summed E-state index contributed by atoms with van der Waals surface area (Å²) in [6, 6.07) is 1.19. The van der Waals surface area contributed by atoms with E-state index in [2.05, 4.69) is 13.1 Å². The largest absolute Gasteiger partial charge is 0.172 e. The van der Waals surface area contributed by atoms with Crippen molar-refractivity contribution in [3.8, 4) is 0 Å². The molecule has 0 saturated carbocycles. The van der Waals surface area contributed by atoms with E-state index in [1.54, 1.807) is 0 Å². The van der Waals surface area contributed by atoms with Gasteiger partial charge in [-0.15, -0.1) is 6.58 Å². The molecule has 2 heteroatoms. The maximum Gasteiger partial charge on any atom is 0.138 e. The molecule has 0 fully saturated rings. The summed E-state index contributed by atoms with van der Waals surface area (Å²) in [7, 11) is -0.787. The standard InChI is InChI=1S/C5H11ClSi/c1-3-4-5-7(2)6/h3,7H,1,4-5H2,2H3. The summed E-state index contributed by atoms with van der Waals surface area (Å²) >= 11 is 5.75. The maximum absolute atomic E-state index is 5.75. The van der Waals surface area contributed by atoms with Gasteiger partial charge >= 0.3 is 0 Å². The van der Waals surface area contributed by atoms with E-state index in [1.807, 2.05) is 6.08 Å². The van der Waals surface area contributed by atoms with Gasteiger partial charge in [0.05, 0.1) is 0 Å². The van der Waals surface area contributed by atoms with Gasteiger partial charge in [-0.2, -0.15) is 11.1 Å². The molecule has 7 heavy (non-hydrogen) atoms. The van der Waals surface area contributed by atoms with Crippen LogP contribution in [0.2, 0.25) is 12.6 Å². The molecule has 0 amide bonds. The molecule has 0 rings (SSSR count). The molecule has 42 valence electrons. The Hall–Kier alpha value is 0.247. The molecular formula is C5H11ClSi. The number of allylic oxidation sites excluding steroid dienone is 1. The van der Waals surface area contributed by atoms with Gasteiger partial charge in [0.2, 0.25) is 0 Å². The highest BCUT2D eigenvalue weighted by atomic mass is 35.6. The lowest BCUT2D eigenvalue weighted by atomic mass is 10.5. The zero-order valence-electron chi connectivity index (χ0n) is 4.65. The van der Waals surface area contributed by atoms with Crippen LogP contribution in [0.25, 0.3) is 0 Å². The van der Waals surface area contributed by atoms with Crippen molar-refractivity contribution in [2.24, 2.45) is 0 Å². The Morgan fingerprint density at radius 3 is 2.57 bits per heavy atom. The van der Waals surface area contributed by atoms with Gasteiger partial charge in [-0.1, -0.05) is 12.6 Å². The smallest absolute Gasteiger partial charge is 0.138 e. The van der Waals surface area contributed by atoms with Crippen LogP contribution in [0.15, 0.2) is 12.7 Å². The quantitative estimate of drug-likeness (QED) is 0.315. The molecule has 0 bridgehead atoms. The first-order valence-corrected chi connectivity index (χ1v) is 6.24. The number of halogens is 1. The molecule has 0 spiro atoms. The second-order valence-corrected chi connectivity index (χ2v) is 6.02. The van der Waals surface area contributed by atoms with Crippen LogP contribution in [0.1, 0.15) is 6.42 Å². The first kappa shape index (κ1) is 7.25. The number of hydrogen-bond acceptors (Lipinski definition) is 0. The Morgan fingerprint density at radius 1 is 1.86 bits per heavy atom. The monoisotopic (exact) mass is 134 g/mol. The highest BCUT2D eigenvalue weighted by Crippen LogP contribution is 2.00. The molecule has 0 aromatic carbocycles. The van der Waals surface area contributed by atoms with Crippen LogP contribution in [0.4, 0.5) is 0 Å². The van der Waals surface area contributed by atoms with Crippen LogP contribution in [-0.2, 0) is 0 Å². The fourth-order valence-electron chi connectivity index (χ4n) is 0.348. The molecule has 1 unspecified atom stereocenters. The molecule has 0 nitrogen and oxygen atoms in total. The third kappa shape index (κ3) is 6.25. The Labute approximate surface area is 51.5 Å². The van der Waals surface area contributed by atoms with E-state index in [1.165, 1.54) is 6.04 Å². The average molecular weight is 135 g/mol. The first-order chi connectivity index (χ1) is 3.27. The maximum atomic E-state index is 5.75. The summed E-state index contributed by atoms with van der Waals surface area (Å²) in [6.45, 7) is 5.73. The SMILES string of the molecule is C=CCC[SiH](C)Cl. The van der Waals surface area contributed by atoms with Crippen LogP contribution >= 0.6 is 11.1 Å². The molecule has 0 aliphatic heterocycles. The van der Waals surface area contributed by atoms with Crippen LogP contribution in [0.5, 0.6) is 0 Å². The van der Waals surface area contributed by atoms with Crippen LogP contribution in [0.3, 0.4) is 0 Å². The molecule has 0 aromatic rings. The topological polar surface area (TPSA) is 0 Å². The minimum absolute atomic E-state index is 0.787. The third-order valence-corrected chi connectivity index (χ3v) is 2.55.